The first-order valence-electron chi connectivity index (χ1n) is 10.0. The summed E-state index contributed by atoms with van der Waals surface area (Å²) < 4.78 is 17.4. The Morgan fingerprint density at radius 3 is 2.58 bits per heavy atom. The number of benzene rings is 3. The van der Waals surface area contributed by atoms with E-state index in [0.29, 0.717) is 39.5 Å². The molecule has 1 atom stereocenters. The maximum absolute atomic E-state index is 12.6. The Morgan fingerprint density at radius 2 is 1.88 bits per heavy atom. The molecule has 1 heterocycles. The molecule has 0 amide bonds. The number of fused-ring (bicyclic) bond motifs is 1. The van der Waals surface area contributed by atoms with Crippen molar-refractivity contribution in [3.8, 4) is 23.3 Å². The highest BCUT2D eigenvalue weighted by Gasteiger charge is 2.31. The fourth-order valence-electron chi connectivity index (χ4n) is 3.54. The van der Waals surface area contributed by atoms with Crippen molar-refractivity contribution in [3.63, 3.8) is 0 Å². The molecule has 0 unspecified atom stereocenters. The average Bonchev–Trinajstić information content (AvgIpc) is 2.82. The van der Waals surface area contributed by atoms with Gasteiger partial charge in [0.1, 0.15) is 35.5 Å². The Kier molecular flexibility index (Phi) is 6.48. The predicted molar refractivity (Wildman–Crippen MR) is 127 cm³/mol. The second-order valence-electron chi connectivity index (χ2n) is 7.16. The maximum atomic E-state index is 12.6. The summed E-state index contributed by atoms with van der Waals surface area (Å²) in [5.41, 5.74) is 8.37. The fourth-order valence-corrected chi connectivity index (χ4v) is 3.99. The van der Waals surface area contributed by atoms with E-state index in [1.165, 1.54) is 0 Å². The molecule has 0 radical (unpaired) electrons. The Labute approximate surface area is 199 Å². The van der Waals surface area contributed by atoms with Gasteiger partial charge in [-0.2, -0.15) is 5.26 Å². The molecule has 0 fully saturated rings. The quantitative estimate of drug-likeness (QED) is 0.273. The summed E-state index contributed by atoms with van der Waals surface area (Å²) in [6.45, 7) is 4.04. The minimum Gasteiger partial charge on any atom is -0.490 e. The zero-order chi connectivity index (χ0) is 23.4. The molecule has 0 saturated heterocycles. The van der Waals surface area contributed by atoms with Crippen LogP contribution in [-0.2, 0) is 0 Å². The molecular formula is C26H19BrN2O4. The summed E-state index contributed by atoms with van der Waals surface area (Å²) >= 11 is 3.35. The molecule has 0 spiro atoms. The number of allylic oxidation sites excluding steroid dienone is 1. The van der Waals surface area contributed by atoms with Crippen molar-refractivity contribution in [1.82, 2.24) is 0 Å². The highest BCUT2D eigenvalue weighted by molar-refractivity contribution is 9.10. The normalized spacial score (nSPS) is 14.5. The van der Waals surface area contributed by atoms with E-state index in [4.69, 9.17) is 19.9 Å². The molecule has 164 valence electrons. The molecule has 7 heteroatoms. The van der Waals surface area contributed by atoms with E-state index in [-0.39, 0.29) is 5.88 Å². The number of nitrogens with two attached hydrogens (primary N) is 1. The van der Waals surface area contributed by atoms with Gasteiger partial charge in [-0.25, -0.2) is 4.79 Å². The van der Waals surface area contributed by atoms with Gasteiger partial charge >= 0.3 is 5.97 Å². The summed E-state index contributed by atoms with van der Waals surface area (Å²) in [4.78, 5) is 12.6. The monoisotopic (exact) mass is 502 g/mol. The molecule has 3 aromatic rings. The first-order valence-corrected chi connectivity index (χ1v) is 10.8. The number of ether oxygens (including phenoxy) is 3. The lowest BCUT2D eigenvalue weighted by Gasteiger charge is -2.26. The van der Waals surface area contributed by atoms with Crippen LogP contribution in [0, 0.1) is 11.3 Å². The van der Waals surface area contributed by atoms with Gasteiger partial charge in [0.15, 0.2) is 0 Å². The zero-order valence-corrected chi connectivity index (χ0v) is 19.0. The number of halogens is 1. The summed E-state index contributed by atoms with van der Waals surface area (Å²) in [7, 11) is 0. The van der Waals surface area contributed by atoms with E-state index >= 15 is 0 Å². The van der Waals surface area contributed by atoms with E-state index in [1.54, 1.807) is 42.5 Å². The maximum Gasteiger partial charge on any atom is 0.344 e. The number of nitriles is 1. The summed E-state index contributed by atoms with van der Waals surface area (Å²) in [5.74, 6) is 0.480. The standard InChI is InChI=1S/C26H19BrN2O4/c1-2-13-31-17-9-7-16(8-10-17)24-20-12-11-18(14-23(20)33-25(29)21(24)15-28)32-26(30)19-5-3-4-6-22(19)27/h2-12,14,24H,1,13,29H2/t24-/m1/s1. The van der Waals surface area contributed by atoms with E-state index in [1.807, 2.05) is 30.3 Å². The van der Waals surface area contributed by atoms with Crippen LogP contribution in [-0.4, -0.2) is 12.6 Å². The van der Waals surface area contributed by atoms with Crippen molar-refractivity contribution < 1.29 is 19.0 Å². The van der Waals surface area contributed by atoms with Gasteiger partial charge in [0, 0.05) is 16.1 Å². The van der Waals surface area contributed by atoms with Crippen molar-refractivity contribution >= 4 is 21.9 Å². The number of hydrogen-bond donors (Lipinski definition) is 1. The Bertz CT molecular complexity index is 1290. The van der Waals surface area contributed by atoms with Crippen LogP contribution in [0.5, 0.6) is 17.2 Å². The number of hydrogen-bond acceptors (Lipinski definition) is 6. The Hall–Kier alpha value is -4.02. The van der Waals surface area contributed by atoms with Gasteiger partial charge in [-0.1, -0.05) is 43.0 Å². The molecule has 0 aromatic heterocycles. The fraction of sp³-hybridized carbons (Fsp3) is 0.0769. The number of carbonyl (C=O) groups excluding carboxylic acids is 1. The molecule has 0 aliphatic carbocycles. The highest BCUT2D eigenvalue weighted by atomic mass is 79.9. The number of nitrogens with zero attached hydrogens (tertiary/aromatic N) is 1. The summed E-state index contributed by atoms with van der Waals surface area (Å²) in [5, 5.41) is 9.74. The van der Waals surface area contributed by atoms with Gasteiger partial charge in [0.05, 0.1) is 11.5 Å². The van der Waals surface area contributed by atoms with Gasteiger partial charge in [-0.05, 0) is 51.8 Å². The first-order chi connectivity index (χ1) is 16.0. The summed E-state index contributed by atoms with van der Waals surface area (Å²) in [6.07, 6.45) is 1.67. The van der Waals surface area contributed by atoms with Gasteiger partial charge in [-0.15, -0.1) is 0 Å². The lowest BCUT2D eigenvalue weighted by atomic mass is 9.83. The zero-order valence-electron chi connectivity index (χ0n) is 17.5. The van der Waals surface area contributed by atoms with Crippen molar-refractivity contribution in [2.24, 2.45) is 5.73 Å². The molecule has 1 aliphatic heterocycles. The lowest BCUT2D eigenvalue weighted by molar-refractivity contribution is 0.0733. The second kappa shape index (κ2) is 9.63. The van der Waals surface area contributed by atoms with Gasteiger partial charge in [0.2, 0.25) is 5.88 Å². The van der Waals surface area contributed by atoms with E-state index in [0.717, 1.165) is 11.1 Å². The molecule has 0 bridgehead atoms. The van der Waals surface area contributed by atoms with Crippen LogP contribution in [0.25, 0.3) is 0 Å². The molecule has 2 N–H and O–H groups in total. The topological polar surface area (TPSA) is 94.6 Å². The molecular weight excluding hydrogens is 484 g/mol. The molecule has 33 heavy (non-hydrogen) atoms. The van der Waals surface area contributed by atoms with Crippen LogP contribution in [0.1, 0.15) is 27.4 Å². The van der Waals surface area contributed by atoms with Crippen molar-refractivity contribution in [2.75, 3.05) is 6.61 Å². The van der Waals surface area contributed by atoms with Crippen LogP contribution in [0.15, 0.2) is 95.3 Å². The molecule has 4 rings (SSSR count). The minimum absolute atomic E-state index is 0.0104. The third kappa shape index (κ3) is 4.61. The third-order valence-corrected chi connectivity index (χ3v) is 5.77. The number of rotatable bonds is 6. The van der Waals surface area contributed by atoms with Crippen LogP contribution in [0.3, 0.4) is 0 Å². The number of carbonyl (C=O) groups is 1. The largest absolute Gasteiger partial charge is 0.490 e. The SMILES string of the molecule is C=CCOc1ccc([C@H]2C(C#N)=C(N)Oc3cc(OC(=O)c4ccccc4Br)ccc32)cc1. The predicted octanol–water partition coefficient (Wildman–Crippen LogP) is 5.45. The molecule has 0 saturated carbocycles. The Morgan fingerprint density at radius 1 is 1.15 bits per heavy atom. The minimum atomic E-state index is -0.508. The third-order valence-electron chi connectivity index (χ3n) is 5.08. The summed E-state index contributed by atoms with van der Waals surface area (Å²) in [6, 6.07) is 21.6. The molecule has 6 nitrogen and oxygen atoms in total. The average molecular weight is 503 g/mol. The second-order valence-corrected chi connectivity index (χ2v) is 8.02. The van der Waals surface area contributed by atoms with Crippen molar-refractivity contribution in [2.45, 2.75) is 5.92 Å². The smallest absolute Gasteiger partial charge is 0.344 e. The van der Waals surface area contributed by atoms with Crippen LogP contribution >= 0.6 is 15.9 Å². The first kappa shape index (κ1) is 22.2. The number of esters is 1. The van der Waals surface area contributed by atoms with Gasteiger partial charge in [-0.3, -0.25) is 0 Å². The van der Waals surface area contributed by atoms with Crippen molar-refractivity contribution in [1.29, 1.82) is 5.26 Å². The van der Waals surface area contributed by atoms with Crippen LogP contribution in [0.4, 0.5) is 0 Å². The van der Waals surface area contributed by atoms with Crippen molar-refractivity contribution in [3.05, 3.63) is 112 Å². The van der Waals surface area contributed by atoms with Crippen LogP contribution in [0.2, 0.25) is 0 Å². The van der Waals surface area contributed by atoms with E-state index < -0.39 is 11.9 Å². The molecule has 1 aliphatic rings. The highest BCUT2D eigenvalue weighted by Crippen LogP contribution is 2.43. The van der Waals surface area contributed by atoms with Crippen LogP contribution < -0.4 is 19.9 Å². The van der Waals surface area contributed by atoms with Gasteiger partial charge < -0.3 is 19.9 Å². The Balaban J connectivity index is 1.66. The van der Waals surface area contributed by atoms with Gasteiger partial charge in [0.25, 0.3) is 0 Å². The van der Waals surface area contributed by atoms with E-state index in [2.05, 4.69) is 28.6 Å². The lowest BCUT2D eigenvalue weighted by Crippen LogP contribution is -2.21. The van der Waals surface area contributed by atoms with E-state index in [9.17, 15) is 10.1 Å². The molecule has 3 aromatic carbocycles.